The zero-order valence-electron chi connectivity index (χ0n) is 24.9. The number of hydrogen-bond donors (Lipinski definition) is 4. The van der Waals surface area contributed by atoms with Gasteiger partial charge in [-0.1, -0.05) is 64.3 Å². The number of likely N-dealkylation sites (tertiary alicyclic amines) is 1. The summed E-state index contributed by atoms with van der Waals surface area (Å²) >= 11 is 0. The average Bonchev–Trinajstić information content (AvgIpc) is 3.37. The molecule has 3 atom stereocenters. The molecule has 0 aromatic heterocycles. The molecular weight excluding hydrogens is 506 g/mol. The number of fused-ring (bicyclic) bond motifs is 1. The van der Waals surface area contributed by atoms with Gasteiger partial charge in [-0.3, -0.25) is 19.2 Å². The molecule has 1 saturated heterocycles. The van der Waals surface area contributed by atoms with Gasteiger partial charge in [0.15, 0.2) is 0 Å². The highest BCUT2D eigenvalue weighted by Crippen LogP contribution is 2.29. The Morgan fingerprint density at radius 2 is 1.57 bits per heavy atom. The monoisotopic (exact) mass is 557 g/mol. The van der Waals surface area contributed by atoms with Gasteiger partial charge >= 0.3 is 0 Å². The third-order valence-electron chi connectivity index (χ3n) is 7.52. The normalized spacial score (nSPS) is 21.1. The first-order chi connectivity index (χ1) is 19.2. The first-order valence-corrected chi connectivity index (χ1v) is 15.0. The van der Waals surface area contributed by atoms with E-state index in [4.69, 9.17) is 5.73 Å². The van der Waals surface area contributed by atoms with E-state index in [0.717, 1.165) is 38.0 Å². The van der Waals surface area contributed by atoms with Gasteiger partial charge in [-0.15, -0.1) is 0 Å². The number of nitrogens with two attached hydrogens (primary N) is 1. The fourth-order valence-corrected chi connectivity index (χ4v) is 5.65. The van der Waals surface area contributed by atoms with Gasteiger partial charge in [-0.05, 0) is 75.0 Å². The summed E-state index contributed by atoms with van der Waals surface area (Å²) in [5.41, 5.74) is 8.62. The molecule has 9 nitrogen and oxygen atoms in total. The Morgan fingerprint density at radius 3 is 2.08 bits per heavy atom. The maximum atomic E-state index is 13.2. The van der Waals surface area contributed by atoms with Gasteiger partial charge in [0.25, 0.3) is 0 Å². The van der Waals surface area contributed by atoms with E-state index in [-0.39, 0.29) is 36.9 Å². The Morgan fingerprint density at radius 1 is 1.00 bits per heavy atom. The number of rotatable bonds is 8. The minimum Gasteiger partial charge on any atom is -0.368 e. The van der Waals surface area contributed by atoms with Crippen LogP contribution in [0.15, 0.2) is 24.3 Å². The molecule has 2 fully saturated rings. The molecule has 0 bridgehead atoms. The van der Waals surface area contributed by atoms with Crippen molar-refractivity contribution in [3.8, 4) is 0 Å². The smallest absolute Gasteiger partial charge is 0.246 e. The first kappa shape index (κ1) is 33.3. The van der Waals surface area contributed by atoms with E-state index in [2.05, 4.69) is 61.0 Å². The van der Waals surface area contributed by atoms with E-state index in [1.807, 2.05) is 0 Å². The fraction of sp³-hybridized carbons (Fsp3) is 0.677. The quantitative estimate of drug-likeness (QED) is 0.365. The molecule has 9 heteroatoms. The van der Waals surface area contributed by atoms with Crippen LogP contribution in [0.4, 0.5) is 0 Å². The largest absolute Gasteiger partial charge is 0.368 e. The molecule has 224 valence electrons. The van der Waals surface area contributed by atoms with Crippen LogP contribution in [0.2, 0.25) is 0 Å². The highest BCUT2D eigenvalue weighted by molar-refractivity contribution is 5.92. The number of aryl methyl sites for hydroxylation is 2. The van der Waals surface area contributed by atoms with Crippen LogP contribution < -0.4 is 21.7 Å². The number of nitrogens with zero attached hydrogens (tertiary/aromatic N) is 1. The number of carbonyl (C=O) groups excluding carboxylic acids is 4. The van der Waals surface area contributed by atoms with Gasteiger partial charge in [0, 0.05) is 12.6 Å². The average molecular weight is 558 g/mol. The third-order valence-corrected chi connectivity index (χ3v) is 7.52. The van der Waals surface area contributed by atoms with Crippen LogP contribution in [0, 0.1) is 11.8 Å². The van der Waals surface area contributed by atoms with Crippen molar-refractivity contribution in [3.05, 3.63) is 35.4 Å². The molecule has 4 rings (SSSR count). The number of hydrogen-bond acceptors (Lipinski definition) is 5. The summed E-state index contributed by atoms with van der Waals surface area (Å²) < 4.78 is 0. The molecule has 5 N–H and O–H groups in total. The van der Waals surface area contributed by atoms with Crippen molar-refractivity contribution < 1.29 is 19.2 Å². The number of carbonyl (C=O) groups is 4. The Balaban J connectivity index is 0.000000325. The number of amides is 4. The van der Waals surface area contributed by atoms with Gasteiger partial charge in [0.2, 0.25) is 24.1 Å². The molecule has 1 heterocycles. The van der Waals surface area contributed by atoms with E-state index < -0.39 is 18.0 Å². The van der Waals surface area contributed by atoms with Crippen LogP contribution in [-0.2, 0) is 32.0 Å². The van der Waals surface area contributed by atoms with Crippen molar-refractivity contribution in [1.29, 1.82) is 0 Å². The van der Waals surface area contributed by atoms with Crippen molar-refractivity contribution >= 4 is 24.1 Å². The second-order valence-corrected chi connectivity index (χ2v) is 11.8. The summed E-state index contributed by atoms with van der Waals surface area (Å²) in [5.74, 6) is -0.268. The topological polar surface area (TPSA) is 134 Å². The molecule has 0 spiro atoms. The maximum Gasteiger partial charge on any atom is 0.246 e. The molecule has 40 heavy (non-hydrogen) atoms. The van der Waals surface area contributed by atoms with E-state index in [9.17, 15) is 19.2 Å². The first-order valence-electron chi connectivity index (χ1n) is 15.0. The lowest BCUT2D eigenvalue weighted by atomic mass is 9.83. The molecule has 1 aliphatic heterocycles. The fourth-order valence-electron chi connectivity index (χ4n) is 5.65. The van der Waals surface area contributed by atoms with Crippen LogP contribution in [-0.4, -0.2) is 67.3 Å². The summed E-state index contributed by atoms with van der Waals surface area (Å²) in [6.07, 6.45) is 11.1. The predicted octanol–water partition coefficient (Wildman–Crippen LogP) is 2.70. The van der Waals surface area contributed by atoms with Crippen LogP contribution in [0.5, 0.6) is 0 Å². The van der Waals surface area contributed by atoms with E-state index in [0.29, 0.717) is 12.8 Å². The van der Waals surface area contributed by atoms with E-state index in [1.54, 1.807) is 18.2 Å². The summed E-state index contributed by atoms with van der Waals surface area (Å²) in [5, 5.41) is 8.23. The van der Waals surface area contributed by atoms with Crippen molar-refractivity contribution in [2.45, 2.75) is 103 Å². The maximum absolute atomic E-state index is 13.2. The van der Waals surface area contributed by atoms with Gasteiger partial charge in [0.05, 0.1) is 6.54 Å². The SMILES string of the molecule is CC(C)C.CNCC(=O)NC(C(=O)N1CC(NC=O)CC1C(N)=O)C1CCCCC1.c1ccc2c(c1)CCCC2. The molecule has 1 saturated carbocycles. The number of benzene rings is 1. The van der Waals surface area contributed by atoms with Gasteiger partial charge < -0.3 is 26.6 Å². The Kier molecular flexibility index (Phi) is 14.7. The summed E-state index contributed by atoms with van der Waals surface area (Å²) in [6.45, 7) is 6.83. The molecule has 3 unspecified atom stereocenters. The van der Waals surface area contributed by atoms with Crippen molar-refractivity contribution in [2.75, 3.05) is 20.1 Å². The van der Waals surface area contributed by atoms with Gasteiger partial charge in [-0.2, -0.15) is 0 Å². The zero-order chi connectivity index (χ0) is 29.5. The number of likely N-dealkylation sites (N-methyl/N-ethyl adjacent to an activating group) is 1. The number of primary amides is 1. The van der Waals surface area contributed by atoms with Crippen LogP contribution in [0.3, 0.4) is 0 Å². The standard InChI is InChI=1S/C17H29N5O4.C10H12.C4H10/c1-19-8-14(24)21-15(11-5-3-2-4-6-11)17(26)22-9-12(20-10-23)7-13(22)16(18)25;1-2-6-10-8-4-3-7-9(10)5-1;1-4(2)3/h10-13,15,19H,2-9H2,1H3,(H2,18,25)(H,20,23)(H,21,24);1-2,5-6H,3-4,7-8H2;4H,1-3H3. The highest BCUT2D eigenvalue weighted by atomic mass is 16.2. The summed E-state index contributed by atoms with van der Waals surface area (Å²) in [7, 11) is 1.66. The van der Waals surface area contributed by atoms with Gasteiger partial charge in [-0.25, -0.2) is 0 Å². The number of nitrogens with one attached hydrogen (secondary N) is 3. The summed E-state index contributed by atoms with van der Waals surface area (Å²) in [6, 6.07) is 7.05. The van der Waals surface area contributed by atoms with Crippen molar-refractivity contribution in [2.24, 2.45) is 17.6 Å². The lowest BCUT2D eigenvalue weighted by molar-refractivity contribution is -0.142. The molecule has 2 aliphatic carbocycles. The van der Waals surface area contributed by atoms with Crippen LogP contribution in [0.1, 0.15) is 83.3 Å². The molecule has 4 amide bonds. The Bertz CT molecular complexity index is 920. The van der Waals surface area contributed by atoms with Crippen LogP contribution >= 0.6 is 0 Å². The molecule has 1 aromatic carbocycles. The Labute approximate surface area is 240 Å². The van der Waals surface area contributed by atoms with Crippen LogP contribution in [0.25, 0.3) is 0 Å². The zero-order valence-corrected chi connectivity index (χ0v) is 24.9. The molecule has 3 aliphatic rings. The molecule has 1 aromatic rings. The lowest BCUT2D eigenvalue weighted by Gasteiger charge is -2.34. The van der Waals surface area contributed by atoms with Crippen molar-refractivity contribution in [1.82, 2.24) is 20.9 Å². The van der Waals surface area contributed by atoms with E-state index >= 15 is 0 Å². The minimum absolute atomic E-state index is 0.0451. The highest BCUT2D eigenvalue weighted by Gasteiger charge is 2.43. The lowest BCUT2D eigenvalue weighted by Crippen LogP contribution is -2.56. The second kappa shape index (κ2) is 17.7. The molecule has 0 radical (unpaired) electrons. The second-order valence-electron chi connectivity index (χ2n) is 11.8. The molecular formula is C31H51N5O4. The summed E-state index contributed by atoms with van der Waals surface area (Å²) in [4.78, 5) is 49.3. The van der Waals surface area contributed by atoms with Crippen molar-refractivity contribution in [3.63, 3.8) is 0 Å². The third kappa shape index (κ3) is 10.9. The predicted molar refractivity (Wildman–Crippen MR) is 158 cm³/mol. The van der Waals surface area contributed by atoms with E-state index in [1.165, 1.54) is 30.6 Å². The minimum atomic E-state index is -0.771. The van der Waals surface area contributed by atoms with Gasteiger partial charge in [0.1, 0.15) is 12.1 Å². The Hall–Kier alpha value is -2.94.